The maximum Gasteiger partial charge on any atom is 0.191 e. The molecule has 1 saturated heterocycles. The number of rotatable bonds is 9. The van der Waals surface area contributed by atoms with Crippen LogP contribution in [0.2, 0.25) is 0 Å². The number of guanidine groups is 1. The van der Waals surface area contributed by atoms with Gasteiger partial charge in [0.1, 0.15) is 0 Å². The number of nitrogens with zero attached hydrogens (tertiary/aromatic N) is 3. The Morgan fingerprint density at radius 1 is 1.27 bits per heavy atom. The Morgan fingerprint density at radius 3 is 2.65 bits per heavy atom. The van der Waals surface area contributed by atoms with Crippen LogP contribution < -0.4 is 15.5 Å². The summed E-state index contributed by atoms with van der Waals surface area (Å²) in [5.74, 6) is 1.67. The van der Waals surface area contributed by atoms with Crippen LogP contribution in [0.1, 0.15) is 59.1 Å². The van der Waals surface area contributed by atoms with Crippen molar-refractivity contribution in [3.8, 4) is 0 Å². The molecule has 0 aromatic carbocycles. The average molecular weight is 494 g/mol. The fraction of sp³-hybridized carbons (Fsp3) is 0.789. The smallest absolute Gasteiger partial charge is 0.191 e. The number of nitrogens with one attached hydrogen (secondary N) is 2. The molecule has 150 valence electrons. The van der Waals surface area contributed by atoms with Crippen molar-refractivity contribution in [2.24, 2.45) is 10.9 Å². The van der Waals surface area contributed by atoms with E-state index in [0.717, 1.165) is 44.5 Å². The first kappa shape index (κ1) is 23.5. The van der Waals surface area contributed by atoms with E-state index in [1.165, 1.54) is 36.5 Å². The zero-order valence-corrected chi connectivity index (χ0v) is 19.9. The van der Waals surface area contributed by atoms with Gasteiger partial charge in [-0.2, -0.15) is 0 Å². The van der Waals surface area contributed by atoms with Gasteiger partial charge in [-0.05, 0) is 45.4 Å². The molecule has 0 radical (unpaired) electrons. The minimum absolute atomic E-state index is 0. The molecule has 5 nitrogen and oxygen atoms in total. The van der Waals surface area contributed by atoms with Crippen molar-refractivity contribution in [3.63, 3.8) is 0 Å². The third-order valence-electron chi connectivity index (χ3n) is 4.46. The van der Waals surface area contributed by atoms with E-state index in [1.54, 1.807) is 11.3 Å². The van der Waals surface area contributed by atoms with Gasteiger partial charge in [0.2, 0.25) is 0 Å². The summed E-state index contributed by atoms with van der Waals surface area (Å²) in [6.07, 6.45) is 5.91. The van der Waals surface area contributed by atoms with Crippen molar-refractivity contribution in [3.05, 3.63) is 11.1 Å². The average Bonchev–Trinajstić information content (AvgIpc) is 3.24. The standard InChI is InChI=1S/C19H35N5S.HI/c1-5-20-18(22-16(4)9-8-15(2)3)21-11-10-17-14-25-19(23-17)24-12-6-7-13-24;/h14-16H,5-13H2,1-4H3,(H2,20,21,22);1H. The Labute approximate surface area is 180 Å². The first-order chi connectivity index (χ1) is 12.1. The maximum atomic E-state index is 4.78. The predicted octanol–water partition coefficient (Wildman–Crippen LogP) is 4.28. The SMILES string of the molecule is CCNC(=NCCc1csc(N2CCCC2)n1)NC(C)CCC(C)C.I. The van der Waals surface area contributed by atoms with Crippen LogP contribution in [0.15, 0.2) is 10.4 Å². The second-order valence-electron chi connectivity index (χ2n) is 7.34. The van der Waals surface area contributed by atoms with Crippen molar-refractivity contribution < 1.29 is 0 Å². The van der Waals surface area contributed by atoms with Gasteiger partial charge in [-0.25, -0.2) is 4.98 Å². The van der Waals surface area contributed by atoms with Gasteiger partial charge in [0.25, 0.3) is 0 Å². The first-order valence-corrected chi connectivity index (χ1v) is 10.7. The van der Waals surface area contributed by atoms with Gasteiger partial charge in [-0.15, -0.1) is 35.3 Å². The number of anilines is 1. The van der Waals surface area contributed by atoms with E-state index in [9.17, 15) is 0 Å². The van der Waals surface area contributed by atoms with E-state index in [-0.39, 0.29) is 24.0 Å². The van der Waals surface area contributed by atoms with Crippen LogP contribution >= 0.6 is 35.3 Å². The van der Waals surface area contributed by atoms with E-state index in [4.69, 9.17) is 9.98 Å². The summed E-state index contributed by atoms with van der Waals surface area (Å²) in [4.78, 5) is 11.9. The fourth-order valence-electron chi connectivity index (χ4n) is 2.96. The first-order valence-electron chi connectivity index (χ1n) is 9.82. The molecule has 7 heteroatoms. The summed E-state index contributed by atoms with van der Waals surface area (Å²) in [6, 6.07) is 0.446. The molecule has 0 bridgehead atoms. The Kier molecular flexibility index (Phi) is 11.5. The Hall–Kier alpha value is -0.570. The van der Waals surface area contributed by atoms with Crippen LogP contribution in [-0.4, -0.2) is 43.2 Å². The van der Waals surface area contributed by atoms with Gasteiger partial charge < -0.3 is 15.5 Å². The summed E-state index contributed by atoms with van der Waals surface area (Å²) in [6.45, 7) is 12.9. The summed E-state index contributed by atoms with van der Waals surface area (Å²) in [5.41, 5.74) is 1.17. The molecule has 1 atom stereocenters. The number of aromatic nitrogens is 1. The third kappa shape index (κ3) is 8.41. The number of hydrogen-bond acceptors (Lipinski definition) is 4. The topological polar surface area (TPSA) is 52.6 Å². The van der Waals surface area contributed by atoms with Gasteiger partial charge in [0.05, 0.1) is 5.69 Å². The lowest BCUT2D eigenvalue weighted by Crippen LogP contribution is -2.42. The maximum absolute atomic E-state index is 4.78. The van der Waals surface area contributed by atoms with Gasteiger partial charge in [0, 0.05) is 44.0 Å². The van der Waals surface area contributed by atoms with Crippen LogP contribution in [0.25, 0.3) is 0 Å². The van der Waals surface area contributed by atoms with Gasteiger partial charge >= 0.3 is 0 Å². The number of hydrogen-bond donors (Lipinski definition) is 2. The molecule has 2 heterocycles. The molecule has 1 aromatic heterocycles. The molecular weight excluding hydrogens is 457 g/mol. The number of thiazole rings is 1. The molecule has 1 unspecified atom stereocenters. The van der Waals surface area contributed by atoms with E-state index < -0.39 is 0 Å². The fourth-order valence-corrected chi connectivity index (χ4v) is 3.87. The summed E-state index contributed by atoms with van der Waals surface area (Å²) in [7, 11) is 0. The Bertz CT molecular complexity index is 526. The summed E-state index contributed by atoms with van der Waals surface area (Å²) >= 11 is 1.77. The molecule has 0 amide bonds. The van der Waals surface area contributed by atoms with Crippen molar-refractivity contribution >= 4 is 46.4 Å². The lowest BCUT2D eigenvalue weighted by atomic mass is 10.0. The molecule has 2 rings (SSSR count). The molecule has 1 aliphatic heterocycles. The molecule has 1 aromatic rings. The van der Waals surface area contributed by atoms with Crippen molar-refractivity contribution in [1.82, 2.24) is 15.6 Å². The normalized spacial score (nSPS) is 15.9. The van der Waals surface area contributed by atoms with E-state index >= 15 is 0 Å². The second kappa shape index (κ2) is 12.8. The second-order valence-corrected chi connectivity index (χ2v) is 8.18. The van der Waals surface area contributed by atoms with E-state index in [1.807, 2.05) is 0 Å². The van der Waals surface area contributed by atoms with Crippen LogP contribution in [-0.2, 0) is 6.42 Å². The predicted molar refractivity (Wildman–Crippen MR) is 125 cm³/mol. The molecule has 1 aliphatic rings. The third-order valence-corrected chi connectivity index (χ3v) is 5.41. The highest BCUT2D eigenvalue weighted by Gasteiger charge is 2.15. The quantitative estimate of drug-likeness (QED) is 0.306. The van der Waals surface area contributed by atoms with Crippen molar-refractivity contribution in [2.75, 3.05) is 31.1 Å². The highest BCUT2D eigenvalue weighted by molar-refractivity contribution is 14.0. The molecule has 0 aliphatic carbocycles. The molecular formula is C19H36IN5S. The van der Waals surface area contributed by atoms with Gasteiger partial charge in [-0.1, -0.05) is 13.8 Å². The minimum atomic E-state index is 0. The zero-order valence-electron chi connectivity index (χ0n) is 16.8. The van der Waals surface area contributed by atoms with Crippen LogP contribution in [0.5, 0.6) is 0 Å². The molecule has 1 fully saturated rings. The summed E-state index contributed by atoms with van der Waals surface area (Å²) in [5, 5.41) is 10.2. The highest BCUT2D eigenvalue weighted by atomic mass is 127. The van der Waals surface area contributed by atoms with Gasteiger partial charge in [-0.3, -0.25) is 4.99 Å². The highest BCUT2D eigenvalue weighted by Crippen LogP contribution is 2.24. The van der Waals surface area contributed by atoms with Crippen LogP contribution in [0, 0.1) is 5.92 Å². The Balaban J connectivity index is 0.00000338. The molecule has 26 heavy (non-hydrogen) atoms. The van der Waals surface area contributed by atoms with Gasteiger partial charge in [0.15, 0.2) is 11.1 Å². The van der Waals surface area contributed by atoms with E-state index in [2.05, 4.69) is 48.6 Å². The van der Waals surface area contributed by atoms with Crippen molar-refractivity contribution in [1.29, 1.82) is 0 Å². The lowest BCUT2D eigenvalue weighted by molar-refractivity contribution is 0.489. The van der Waals surface area contributed by atoms with Crippen LogP contribution in [0.4, 0.5) is 5.13 Å². The lowest BCUT2D eigenvalue weighted by Gasteiger charge is -2.18. The molecule has 0 saturated carbocycles. The molecule has 2 N–H and O–H groups in total. The zero-order chi connectivity index (χ0) is 18.1. The minimum Gasteiger partial charge on any atom is -0.357 e. The monoisotopic (exact) mass is 493 g/mol. The number of aliphatic imine (C=N–C) groups is 1. The van der Waals surface area contributed by atoms with Crippen molar-refractivity contribution in [2.45, 2.75) is 65.8 Å². The van der Waals surface area contributed by atoms with E-state index in [0.29, 0.717) is 6.04 Å². The largest absolute Gasteiger partial charge is 0.357 e. The molecule has 0 spiro atoms. The Morgan fingerprint density at radius 2 is 2.00 bits per heavy atom. The van der Waals surface area contributed by atoms with Crippen LogP contribution in [0.3, 0.4) is 0 Å². The number of halogens is 1. The summed E-state index contributed by atoms with van der Waals surface area (Å²) < 4.78 is 0.